The van der Waals surface area contributed by atoms with Gasteiger partial charge in [0.25, 0.3) is 0 Å². The zero-order valence-corrected chi connectivity index (χ0v) is 24.1. The summed E-state index contributed by atoms with van der Waals surface area (Å²) >= 11 is 6.13. The van der Waals surface area contributed by atoms with Crippen LogP contribution in [0.15, 0.2) is 36.9 Å². The third-order valence-corrected chi connectivity index (χ3v) is 9.77. The largest absolute Gasteiger partial charge is 0.480 e. The number of carbonyl (C=O) groups excluding carboxylic acids is 1. The number of nitrogens with one attached hydrogen (secondary N) is 1. The number of rotatable bonds is 10. The van der Waals surface area contributed by atoms with Crippen molar-refractivity contribution in [1.82, 2.24) is 29.9 Å². The molecule has 1 amide bonds. The van der Waals surface area contributed by atoms with Gasteiger partial charge in [-0.15, -0.1) is 0 Å². The van der Waals surface area contributed by atoms with Crippen LogP contribution in [0.25, 0.3) is 0 Å². The van der Waals surface area contributed by atoms with Crippen molar-refractivity contribution in [1.29, 1.82) is 0 Å². The van der Waals surface area contributed by atoms with Crippen molar-refractivity contribution in [3.63, 3.8) is 0 Å². The Kier molecular flexibility index (Phi) is 9.76. The number of piperidine rings is 2. The van der Waals surface area contributed by atoms with E-state index in [1.165, 1.54) is 32.1 Å². The van der Waals surface area contributed by atoms with Gasteiger partial charge >= 0.3 is 5.97 Å². The average Bonchev–Trinajstić information content (AvgIpc) is 3.48. The first-order chi connectivity index (χ1) is 19.4. The van der Waals surface area contributed by atoms with E-state index >= 15 is 0 Å². The molecule has 5 rings (SSSR count). The minimum atomic E-state index is -0.791. The van der Waals surface area contributed by atoms with Crippen molar-refractivity contribution in [2.24, 2.45) is 11.3 Å². The third-order valence-electron chi connectivity index (χ3n) is 9.52. The van der Waals surface area contributed by atoms with Crippen LogP contribution in [0.3, 0.4) is 0 Å². The fraction of sp³-hybridized carbons (Fsp3) is 0.667. The zero-order valence-electron chi connectivity index (χ0n) is 23.4. The molecule has 2 aromatic rings. The second-order valence-electron chi connectivity index (χ2n) is 12.1. The second kappa shape index (κ2) is 13.4. The third kappa shape index (κ3) is 7.42. The SMILES string of the molecule is O=C(O)CN1CCC(N[C@H](Cc2ccc(Cl)cc2)C(=O)N2CCC(Cn3cncn3)(C3CCCCC3)CC2)CC1. The molecule has 3 fully saturated rings. The number of carboxylic acid groups (broad SMARTS) is 1. The lowest BCUT2D eigenvalue weighted by Crippen LogP contribution is -2.56. The molecular weight excluding hydrogens is 528 g/mol. The molecule has 0 bridgehead atoms. The lowest BCUT2D eigenvalue weighted by atomic mass is 9.63. The van der Waals surface area contributed by atoms with E-state index in [1.807, 2.05) is 40.2 Å². The Labute approximate surface area is 242 Å². The predicted molar refractivity (Wildman–Crippen MR) is 154 cm³/mol. The fourth-order valence-electron chi connectivity index (χ4n) is 7.25. The van der Waals surface area contributed by atoms with Gasteiger partial charge in [0.05, 0.1) is 12.6 Å². The predicted octanol–water partition coefficient (Wildman–Crippen LogP) is 3.87. The van der Waals surface area contributed by atoms with Crippen LogP contribution >= 0.6 is 11.6 Å². The van der Waals surface area contributed by atoms with E-state index in [9.17, 15) is 9.59 Å². The van der Waals surface area contributed by atoms with E-state index in [1.54, 1.807) is 6.33 Å². The van der Waals surface area contributed by atoms with Gasteiger partial charge in [0.15, 0.2) is 0 Å². The van der Waals surface area contributed by atoms with Crippen LogP contribution in [0.1, 0.15) is 63.4 Å². The highest BCUT2D eigenvalue weighted by Crippen LogP contribution is 2.47. The van der Waals surface area contributed by atoms with Crippen molar-refractivity contribution in [2.75, 3.05) is 32.7 Å². The Balaban J connectivity index is 1.26. The van der Waals surface area contributed by atoms with Crippen LogP contribution in [-0.2, 0) is 22.6 Å². The van der Waals surface area contributed by atoms with Gasteiger partial charge in [-0.1, -0.05) is 43.0 Å². The molecule has 1 aromatic carbocycles. The van der Waals surface area contributed by atoms with Crippen molar-refractivity contribution >= 4 is 23.5 Å². The smallest absolute Gasteiger partial charge is 0.317 e. The summed E-state index contributed by atoms with van der Waals surface area (Å²) in [5.74, 6) is 0.0445. The number of nitrogens with zero attached hydrogens (tertiary/aromatic N) is 5. The Bertz CT molecular complexity index is 1090. The topological polar surface area (TPSA) is 104 Å². The van der Waals surface area contributed by atoms with Crippen LogP contribution in [0.2, 0.25) is 5.02 Å². The maximum Gasteiger partial charge on any atom is 0.317 e. The molecule has 218 valence electrons. The van der Waals surface area contributed by atoms with Crippen LogP contribution < -0.4 is 5.32 Å². The second-order valence-corrected chi connectivity index (χ2v) is 12.5. The van der Waals surface area contributed by atoms with Gasteiger partial charge in [-0.3, -0.25) is 19.2 Å². The first-order valence-electron chi connectivity index (χ1n) is 15.0. The quantitative estimate of drug-likeness (QED) is 0.447. The number of halogens is 1. The number of carboxylic acids is 1. The molecule has 0 radical (unpaired) electrons. The summed E-state index contributed by atoms with van der Waals surface area (Å²) in [4.78, 5) is 33.4. The minimum absolute atomic E-state index is 0.0744. The lowest BCUT2D eigenvalue weighted by Gasteiger charge is -2.48. The summed E-state index contributed by atoms with van der Waals surface area (Å²) < 4.78 is 1.99. The van der Waals surface area contributed by atoms with E-state index in [-0.39, 0.29) is 30.0 Å². The van der Waals surface area contributed by atoms with E-state index in [2.05, 4.69) is 20.3 Å². The molecule has 2 N–H and O–H groups in total. The normalized spacial score (nSPS) is 21.8. The van der Waals surface area contributed by atoms with Gasteiger partial charge in [-0.2, -0.15) is 5.10 Å². The molecule has 2 saturated heterocycles. The van der Waals surface area contributed by atoms with Crippen LogP contribution in [0, 0.1) is 11.3 Å². The number of amides is 1. The first kappa shape index (κ1) is 29.0. The maximum atomic E-state index is 14.1. The molecule has 1 atom stereocenters. The summed E-state index contributed by atoms with van der Waals surface area (Å²) in [7, 11) is 0. The lowest BCUT2D eigenvalue weighted by molar-refractivity contribution is -0.138. The van der Waals surface area contributed by atoms with Crippen molar-refractivity contribution in [3.05, 3.63) is 47.5 Å². The summed E-state index contributed by atoms with van der Waals surface area (Å²) in [6.45, 7) is 3.93. The molecule has 40 heavy (non-hydrogen) atoms. The first-order valence-corrected chi connectivity index (χ1v) is 15.3. The monoisotopic (exact) mass is 570 g/mol. The molecule has 0 spiro atoms. The maximum absolute atomic E-state index is 14.1. The highest BCUT2D eigenvalue weighted by Gasteiger charge is 2.44. The van der Waals surface area contributed by atoms with E-state index in [4.69, 9.17) is 16.7 Å². The van der Waals surface area contributed by atoms with Gasteiger partial charge in [0.2, 0.25) is 5.91 Å². The van der Waals surface area contributed by atoms with Gasteiger partial charge in [0, 0.05) is 43.8 Å². The number of likely N-dealkylation sites (tertiary alicyclic amines) is 2. The summed E-state index contributed by atoms with van der Waals surface area (Å²) in [6.07, 6.45) is 14.2. The van der Waals surface area contributed by atoms with Crippen LogP contribution in [-0.4, -0.2) is 86.4 Å². The van der Waals surface area contributed by atoms with Gasteiger partial charge < -0.3 is 15.3 Å². The van der Waals surface area contributed by atoms with Crippen molar-refractivity contribution in [2.45, 2.75) is 82.8 Å². The van der Waals surface area contributed by atoms with Gasteiger partial charge in [-0.25, -0.2) is 4.98 Å². The molecule has 9 nitrogen and oxygen atoms in total. The van der Waals surface area contributed by atoms with Gasteiger partial charge in [0.1, 0.15) is 12.7 Å². The van der Waals surface area contributed by atoms with E-state index < -0.39 is 5.97 Å². The van der Waals surface area contributed by atoms with Crippen LogP contribution in [0.5, 0.6) is 0 Å². The molecule has 1 aliphatic carbocycles. The van der Waals surface area contributed by atoms with Crippen LogP contribution in [0.4, 0.5) is 0 Å². The average molecular weight is 571 g/mol. The molecule has 2 aliphatic heterocycles. The number of hydrogen-bond acceptors (Lipinski definition) is 6. The highest BCUT2D eigenvalue weighted by molar-refractivity contribution is 6.30. The Morgan fingerprint density at radius 2 is 1.73 bits per heavy atom. The Hall–Kier alpha value is -2.49. The van der Waals surface area contributed by atoms with Gasteiger partial charge in [-0.05, 0) is 74.0 Å². The Morgan fingerprint density at radius 1 is 1.02 bits per heavy atom. The minimum Gasteiger partial charge on any atom is -0.480 e. The molecule has 10 heteroatoms. The molecule has 1 saturated carbocycles. The Morgan fingerprint density at radius 3 is 2.35 bits per heavy atom. The van der Waals surface area contributed by atoms with E-state index in [0.29, 0.717) is 17.4 Å². The summed E-state index contributed by atoms with van der Waals surface area (Å²) in [5, 5.41) is 18.0. The fourth-order valence-corrected chi connectivity index (χ4v) is 7.37. The van der Waals surface area contributed by atoms with E-state index in [0.717, 1.165) is 64.0 Å². The number of aliphatic carboxylic acids is 1. The molecule has 3 aliphatic rings. The highest BCUT2D eigenvalue weighted by atomic mass is 35.5. The molecule has 1 aromatic heterocycles. The molecular formula is C30H43ClN6O3. The van der Waals surface area contributed by atoms with Crippen molar-refractivity contribution in [3.8, 4) is 0 Å². The van der Waals surface area contributed by atoms with Crippen molar-refractivity contribution < 1.29 is 14.7 Å². The number of benzene rings is 1. The molecule has 0 unspecified atom stereocenters. The standard InChI is InChI=1S/C30H43ClN6O3/c31-25-8-6-23(7-9-25)18-27(34-26-10-14-35(15-11-26)19-28(38)39)29(40)36-16-12-30(13-17-36,20-37-22-32-21-33-37)24-4-2-1-3-5-24/h6-9,21-22,24,26-27,34H,1-5,10-20H2,(H,38,39)/t27-/m1/s1. The number of carbonyl (C=O) groups is 2. The number of aromatic nitrogens is 3. The summed E-state index contributed by atoms with van der Waals surface area (Å²) in [5.41, 5.74) is 1.24. The summed E-state index contributed by atoms with van der Waals surface area (Å²) in [6, 6.07) is 7.63. The zero-order chi connectivity index (χ0) is 28.0. The molecule has 3 heterocycles. The number of hydrogen-bond donors (Lipinski definition) is 2.